The van der Waals surface area contributed by atoms with Crippen LogP contribution in [0.15, 0.2) is 24.4 Å². The number of nitrogens with zero attached hydrogens (tertiary/aromatic N) is 4. The largest absolute Gasteiger partial charge is 0.496 e. The lowest BCUT2D eigenvalue weighted by molar-refractivity contribution is 0.405. The van der Waals surface area contributed by atoms with Crippen LogP contribution in [0.3, 0.4) is 0 Å². The molecule has 3 aromatic rings. The molecule has 0 bridgehead atoms. The molecular weight excluding hydrogens is 354 g/mol. The van der Waals surface area contributed by atoms with Crippen molar-refractivity contribution >= 4 is 22.8 Å². The summed E-state index contributed by atoms with van der Waals surface area (Å²) in [5.74, 6) is 1.71. The Morgan fingerprint density at radius 3 is 2.71 bits per heavy atom. The number of unbranched alkanes of at least 4 members (excludes halogenated alkanes) is 1. The van der Waals surface area contributed by atoms with Crippen molar-refractivity contribution in [3.05, 3.63) is 35.5 Å². The molecule has 0 atom stereocenters. The lowest BCUT2D eigenvalue weighted by Crippen LogP contribution is -2.28. The maximum Gasteiger partial charge on any atom is 0.222 e. The summed E-state index contributed by atoms with van der Waals surface area (Å²) in [6.07, 6.45) is 3.85. The van der Waals surface area contributed by atoms with Gasteiger partial charge in [-0.1, -0.05) is 25.5 Å². The highest BCUT2D eigenvalue weighted by atomic mass is 16.5. The van der Waals surface area contributed by atoms with Gasteiger partial charge in [0.05, 0.1) is 19.9 Å². The first-order valence-corrected chi connectivity index (χ1v) is 9.52. The Morgan fingerprint density at radius 1 is 1.25 bits per heavy atom. The van der Waals surface area contributed by atoms with Crippen molar-refractivity contribution < 1.29 is 4.74 Å². The molecule has 0 spiro atoms. The Labute approximate surface area is 165 Å². The van der Waals surface area contributed by atoms with Crippen molar-refractivity contribution in [3.8, 4) is 5.75 Å². The van der Waals surface area contributed by atoms with E-state index >= 15 is 0 Å². The van der Waals surface area contributed by atoms with E-state index in [2.05, 4.69) is 27.3 Å². The smallest absolute Gasteiger partial charge is 0.222 e. The standard InChI is InChI=1S/C20H29N7O/c1-5-6-9-23-18-17-15(25-19(21)26-18)11-24-27(17)12-13-7-8-14(20(2,3)22)10-16(13)28-4/h7-8,10-11H,5-6,9,12,22H2,1-4H3,(H3,21,23,25,26). The van der Waals surface area contributed by atoms with Crippen LogP contribution < -0.4 is 21.5 Å². The van der Waals surface area contributed by atoms with Gasteiger partial charge in [0, 0.05) is 17.6 Å². The second kappa shape index (κ2) is 8.02. The molecule has 1 aromatic carbocycles. The number of benzene rings is 1. The lowest BCUT2D eigenvalue weighted by atomic mass is 9.94. The summed E-state index contributed by atoms with van der Waals surface area (Å²) in [7, 11) is 1.66. The molecule has 0 amide bonds. The van der Waals surface area contributed by atoms with Crippen molar-refractivity contribution in [2.75, 3.05) is 24.7 Å². The predicted octanol–water partition coefficient (Wildman–Crippen LogP) is 2.87. The molecule has 0 saturated carbocycles. The van der Waals surface area contributed by atoms with Crippen LogP contribution >= 0.6 is 0 Å². The number of aromatic nitrogens is 4. The summed E-state index contributed by atoms with van der Waals surface area (Å²) in [6, 6.07) is 6.03. The topological polar surface area (TPSA) is 117 Å². The van der Waals surface area contributed by atoms with E-state index in [9.17, 15) is 0 Å². The van der Waals surface area contributed by atoms with Crippen LogP contribution in [-0.4, -0.2) is 33.4 Å². The summed E-state index contributed by atoms with van der Waals surface area (Å²) in [4.78, 5) is 8.69. The third-order valence-electron chi connectivity index (χ3n) is 4.68. The molecule has 0 aliphatic rings. The fourth-order valence-corrected chi connectivity index (χ4v) is 3.08. The summed E-state index contributed by atoms with van der Waals surface area (Å²) in [5.41, 5.74) is 15.2. The number of anilines is 2. The fourth-order valence-electron chi connectivity index (χ4n) is 3.08. The number of nitrogen functional groups attached to an aromatic ring is 1. The van der Waals surface area contributed by atoms with Crippen molar-refractivity contribution in [2.24, 2.45) is 5.73 Å². The van der Waals surface area contributed by atoms with Gasteiger partial charge in [-0.2, -0.15) is 10.1 Å². The number of methoxy groups -OCH3 is 1. The van der Waals surface area contributed by atoms with Crippen molar-refractivity contribution in [1.29, 1.82) is 0 Å². The first-order chi connectivity index (χ1) is 13.3. The van der Waals surface area contributed by atoms with Crippen molar-refractivity contribution in [1.82, 2.24) is 19.7 Å². The molecule has 0 radical (unpaired) electrons. The van der Waals surface area contributed by atoms with Gasteiger partial charge < -0.3 is 21.5 Å². The number of hydrogen-bond acceptors (Lipinski definition) is 7. The molecule has 3 rings (SSSR count). The highest BCUT2D eigenvalue weighted by Gasteiger charge is 2.18. The molecule has 5 N–H and O–H groups in total. The zero-order valence-corrected chi connectivity index (χ0v) is 17.0. The highest BCUT2D eigenvalue weighted by molar-refractivity contribution is 5.86. The second-order valence-corrected chi connectivity index (χ2v) is 7.50. The van der Waals surface area contributed by atoms with Gasteiger partial charge in [0.1, 0.15) is 16.8 Å². The molecule has 150 valence electrons. The van der Waals surface area contributed by atoms with Crippen molar-refractivity contribution in [2.45, 2.75) is 45.7 Å². The van der Waals surface area contributed by atoms with E-state index in [0.29, 0.717) is 17.9 Å². The van der Waals surface area contributed by atoms with Gasteiger partial charge in [-0.15, -0.1) is 0 Å². The van der Waals surface area contributed by atoms with Gasteiger partial charge in [0.25, 0.3) is 0 Å². The van der Waals surface area contributed by atoms with Crippen LogP contribution in [0, 0.1) is 0 Å². The van der Waals surface area contributed by atoms with Gasteiger partial charge in [-0.25, -0.2) is 4.98 Å². The van der Waals surface area contributed by atoms with Gasteiger partial charge in [-0.3, -0.25) is 4.68 Å². The lowest BCUT2D eigenvalue weighted by Gasteiger charge is -2.21. The first kappa shape index (κ1) is 19.9. The summed E-state index contributed by atoms with van der Waals surface area (Å²) < 4.78 is 7.48. The van der Waals surface area contributed by atoms with Crippen molar-refractivity contribution in [3.63, 3.8) is 0 Å². The number of hydrogen-bond donors (Lipinski definition) is 3. The Kier molecular flexibility index (Phi) is 5.69. The summed E-state index contributed by atoms with van der Waals surface area (Å²) in [5, 5.41) is 7.87. The Morgan fingerprint density at radius 2 is 2.04 bits per heavy atom. The minimum atomic E-state index is -0.439. The Hall–Kier alpha value is -2.87. The predicted molar refractivity (Wildman–Crippen MR) is 112 cm³/mol. The normalized spacial score (nSPS) is 11.8. The minimum Gasteiger partial charge on any atom is -0.496 e. The van der Waals surface area contributed by atoms with E-state index in [4.69, 9.17) is 16.2 Å². The van der Waals surface area contributed by atoms with Gasteiger partial charge in [-0.05, 0) is 31.9 Å². The van der Waals surface area contributed by atoms with E-state index < -0.39 is 5.54 Å². The summed E-state index contributed by atoms with van der Waals surface area (Å²) in [6.45, 7) is 7.43. The third kappa shape index (κ3) is 4.17. The van der Waals surface area contributed by atoms with Crippen LogP contribution in [0.4, 0.5) is 11.8 Å². The number of nitrogens with one attached hydrogen (secondary N) is 1. The van der Waals surface area contributed by atoms with Crippen LogP contribution in [0.25, 0.3) is 11.0 Å². The van der Waals surface area contributed by atoms with E-state index in [0.717, 1.165) is 41.8 Å². The molecule has 0 fully saturated rings. The van der Waals surface area contributed by atoms with Gasteiger partial charge in [0.15, 0.2) is 5.82 Å². The zero-order valence-electron chi connectivity index (χ0n) is 17.0. The Bertz CT molecular complexity index is 959. The van der Waals surface area contributed by atoms with Crippen LogP contribution in [0.2, 0.25) is 0 Å². The van der Waals surface area contributed by atoms with Gasteiger partial charge >= 0.3 is 0 Å². The maximum absolute atomic E-state index is 6.22. The average Bonchev–Trinajstić information content (AvgIpc) is 3.03. The quantitative estimate of drug-likeness (QED) is 0.512. The minimum absolute atomic E-state index is 0.234. The van der Waals surface area contributed by atoms with Gasteiger partial charge in [0.2, 0.25) is 5.95 Å². The second-order valence-electron chi connectivity index (χ2n) is 7.50. The number of ether oxygens (including phenoxy) is 1. The molecule has 28 heavy (non-hydrogen) atoms. The van der Waals surface area contributed by atoms with Crippen LogP contribution in [0.1, 0.15) is 44.7 Å². The average molecular weight is 384 g/mol. The number of rotatable bonds is 8. The number of nitrogens with two attached hydrogens (primary N) is 2. The van der Waals surface area contributed by atoms with E-state index in [1.54, 1.807) is 13.3 Å². The molecule has 2 heterocycles. The molecule has 0 unspecified atom stereocenters. The fraction of sp³-hybridized carbons (Fsp3) is 0.450. The van der Waals surface area contributed by atoms with E-state index in [1.165, 1.54) is 0 Å². The molecule has 0 aliphatic carbocycles. The molecule has 8 nitrogen and oxygen atoms in total. The maximum atomic E-state index is 6.22. The molecular formula is C20H29N7O. The third-order valence-corrected chi connectivity index (χ3v) is 4.68. The first-order valence-electron chi connectivity index (χ1n) is 9.52. The molecule has 0 saturated heterocycles. The highest BCUT2D eigenvalue weighted by Crippen LogP contribution is 2.28. The van der Waals surface area contributed by atoms with E-state index in [-0.39, 0.29) is 5.95 Å². The summed E-state index contributed by atoms with van der Waals surface area (Å²) >= 11 is 0. The SMILES string of the molecule is CCCCNc1nc(N)nc2cnn(Cc3ccc(C(C)(C)N)cc3OC)c12. The van der Waals surface area contributed by atoms with Crippen LogP contribution in [0.5, 0.6) is 5.75 Å². The molecule has 8 heteroatoms. The monoisotopic (exact) mass is 383 g/mol. The number of fused-ring (bicyclic) bond motifs is 1. The molecule has 0 aliphatic heterocycles. The zero-order chi connectivity index (χ0) is 20.3. The van der Waals surface area contributed by atoms with Crippen LogP contribution in [-0.2, 0) is 12.1 Å². The molecule has 2 aromatic heterocycles. The Balaban J connectivity index is 1.98. The van der Waals surface area contributed by atoms with E-state index in [1.807, 2.05) is 36.7 Å².